The molecule has 3 N–H and O–H groups in total. The highest BCUT2D eigenvalue weighted by Crippen LogP contribution is 2.66. The quantitative estimate of drug-likeness (QED) is 0.392. The number of nitrogens with one attached hydrogen (secondary N) is 1. The minimum Gasteiger partial charge on any atom is -0.377 e. The van der Waals surface area contributed by atoms with Crippen molar-refractivity contribution in [2.75, 3.05) is 43.4 Å². The highest BCUT2D eigenvalue weighted by molar-refractivity contribution is 7.89. The number of nitrogens with zero attached hydrogens (tertiary/aromatic N) is 2. The molecule has 2 saturated carbocycles. The maximum Gasteiger partial charge on any atom is 0.237 e. The van der Waals surface area contributed by atoms with Crippen molar-refractivity contribution < 1.29 is 17.9 Å². The van der Waals surface area contributed by atoms with E-state index in [1.54, 1.807) is 4.31 Å². The summed E-state index contributed by atoms with van der Waals surface area (Å²) in [6.45, 7) is 9.63. The smallest absolute Gasteiger partial charge is 0.237 e. The summed E-state index contributed by atoms with van der Waals surface area (Å²) in [6, 6.07) is 17.2. The minimum absolute atomic E-state index is 0.0637. The number of anilines is 1. The van der Waals surface area contributed by atoms with Gasteiger partial charge in [-0.05, 0) is 61.1 Å². The lowest BCUT2D eigenvalue weighted by Crippen LogP contribution is -2.57. The van der Waals surface area contributed by atoms with E-state index < -0.39 is 21.5 Å². The van der Waals surface area contributed by atoms with Gasteiger partial charge in [0.1, 0.15) is 0 Å². The molecule has 1 saturated heterocycles. The highest BCUT2D eigenvalue weighted by Gasteiger charge is 2.66. The summed E-state index contributed by atoms with van der Waals surface area (Å²) in [6.07, 6.45) is 3.00. The van der Waals surface area contributed by atoms with Crippen LogP contribution in [0.25, 0.3) is 0 Å². The van der Waals surface area contributed by atoms with Gasteiger partial charge in [-0.25, -0.2) is 8.42 Å². The number of fused-ring (bicyclic) bond motifs is 2. The van der Waals surface area contributed by atoms with Gasteiger partial charge in [-0.1, -0.05) is 62.4 Å². The van der Waals surface area contributed by atoms with Crippen LogP contribution in [-0.2, 0) is 26.2 Å². The molecule has 3 fully saturated rings. The van der Waals surface area contributed by atoms with E-state index in [2.05, 4.69) is 43.1 Å². The van der Waals surface area contributed by atoms with Crippen LogP contribution < -0.4 is 16.0 Å². The number of aryl methyl sites for hydroxylation is 1. The number of ether oxygens (including phenoxy) is 1. The summed E-state index contributed by atoms with van der Waals surface area (Å²) >= 11 is 0. The van der Waals surface area contributed by atoms with E-state index in [9.17, 15) is 13.2 Å². The van der Waals surface area contributed by atoms with Crippen molar-refractivity contribution in [3.8, 4) is 0 Å². The Hall–Kier alpha value is -2.46. The Labute approximate surface area is 245 Å². The number of carbonyl (C=O) groups excluding carboxylic acids is 1. The number of nitrogens with two attached hydrogens (primary N) is 1. The molecule has 2 aromatic rings. The van der Waals surface area contributed by atoms with Gasteiger partial charge in [0, 0.05) is 49.9 Å². The normalized spacial score (nSPS) is 26.7. The molecule has 9 heteroatoms. The molecule has 3 aliphatic rings. The van der Waals surface area contributed by atoms with E-state index in [0.29, 0.717) is 51.7 Å². The first-order valence-corrected chi connectivity index (χ1v) is 16.6. The van der Waals surface area contributed by atoms with E-state index in [-0.39, 0.29) is 23.1 Å². The largest absolute Gasteiger partial charge is 0.377 e. The molecular formula is C32H46N4O4S. The van der Waals surface area contributed by atoms with E-state index in [1.165, 1.54) is 11.3 Å². The number of piperazine rings is 1. The number of amides is 1. The van der Waals surface area contributed by atoms with Gasteiger partial charge < -0.3 is 20.7 Å². The third kappa shape index (κ3) is 6.05. The first-order chi connectivity index (χ1) is 19.5. The van der Waals surface area contributed by atoms with Crippen molar-refractivity contribution in [2.24, 2.45) is 22.5 Å². The molecule has 1 heterocycles. The van der Waals surface area contributed by atoms with E-state index in [1.807, 2.05) is 42.5 Å². The summed E-state index contributed by atoms with van der Waals surface area (Å²) in [5, 5.41) is 3.21. The van der Waals surface area contributed by atoms with Crippen molar-refractivity contribution in [3.05, 3.63) is 65.7 Å². The van der Waals surface area contributed by atoms with Gasteiger partial charge in [0.15, 0.2) is 0 Å². The number of sulfonamides is 1. The Bertz CT molecular complexity index is 1310. The monoisotopic (exact) mass is 582 g/mol. The maximum absolute atomic E-state index is 13.9. The highest BCUT2D eigenvalue weighted by atomic mass is 32.2. The fourth-order valence-corrected chi connectivity index (χ4v) is 9.82. The summed E-state index contributed by atoms with van der Waals surface area (Å²) in [5.41, 5.74) is 9.02. The molecule has 2 bridgehead atoms. The molecule has 2 aliphatic carbocycles. The SMILES string of the molecule is Cc1ccccc1N1CCN(S(=O)(=O)CC23CCC(CC2NC(=O)[C@@H](N)CCOCc2ccccc2)C3(C)C)CC1. The standard InChI is InChI=1S/C32H46N4O4S/c1-24-9-7-8-12-28(24)35-16-18-36(19-17-35)41(38,39)23-32-15-13-26(31(32,2)3)21-29(32)34-30(37)27(33)14-20-40-22-25-10-5-4-6-11-25/h4-12,26-27,29H,13-23,33H2,1-3H3,(H,34,37)/t26?,27-,29?,32?/m0/s1. The van der Waals surface area contributed by atoms with Crippen LogP contribution in [0.4, 0.5) is 5.69 Å². The van der Waals surface area contributed by atoms with Gasteiger partial charge in [0.2, 0.25) is 15.9 Å². The maximum atomic E-state index is 13.9. The number of hydrogen-bond donors (Lipinski definition) is 2. The van der Waals surface area contributed by atoms with Gasteiger partial charge in [0.25, 0.3) is 0 Å². The Morgan fingerprint density at radius 1 is 1.07 bits per heavy atom. The lowest BCUT2D eigenvalue weighted by Gasteiger charge is -2.44. The predicted molar refractivity (Wildman–Crippen MR) is 163 cm³/mol. The Morgan fingerprint density at radius 2 is 1.76 bits per heavy atom. The topological polar surface area (TPSA) is 105 Å². The van der Waals surface area contributed by atoms with Crippen molar-refractivity contribution in [2.45, 2.75) is 65.1 Å². The lowest BCUT2D eigenvalue weighted by atomic mass is 9.69. The zero-order valence-corrected chi connectivity index (χ0v) is 25.5. The van der Waals surface area contributed by atoms with Crippen molar-refractivity contribution in [1.82, 2.24) is 9.62 Å². The van der Waals surface area contributed by atoms with Crippen LogP contribution >= 0.6 is 0 Å². The van der Waals surface area contributed by atoms with Crippen molar-refractivity contribution >= 4 is 21.6 Å². The summed E-state index contributed by atoms with van der Waals surface area (Å²) in [7, 11) is -3.53. The average molecular weight is 583 g/mol. The van der Waals surface area contributed by atoms with Gasteiger partial charge in [0.05, 0.1) is 18.4 Å². The second-order valence-corrected chi connectivity index (χ2v) is 14.7. The number of hydrogen-bond acceptors (Lipinski definition) is 6. The third-order valence-electron chi connectivity index (χ3n) is 10.3. The predicted octanol–water partition coefficient (Wildman–Crippen LogP) is 3.69. The van der Waals surface area contributed by atoms with Crippen LogP contribution in [0.5, 0.6) is 0 Å². The summed E-state index contributed by atoms with van der Waals surface area (Å²) in [4.78, 5) is 15.5. The average Bonchev–Trinajstić information content (AvgIpc) is 3.31. The number of benzene rings is 2. The van der Waals surface area contributed by atoms with Crippen LogP contribution in [0, 0.1) is 23.7 Å². The molecule has 1 aliphatic heterocycles. The second-order valence-electron chi connectivity index (χ2n) is 12.8. The number of rotatable bonds is 11. The summed E-state index contributed by atoms with van der Waals surface area (Å²) < 4.78 is 35.3. The fourth-order valence-electron chi connectivity index (χ4n) is 7.55. The first-order valence-electron chi connectivity index (χ1n) is 15.0. The van der Waals surface area contributed by atoms with Gasteiger partial charge in [-0.15, -0.1) is 0 Å². The van der Waals surface area contributed by atoms with Crippen LogP contribution in [0.3, 0.4) is 0 Å². The first kappa shape index (κ1) is 30.0. The van der Waals surface area contributed by atoms with Gasteiger partial charge in [-0.3, -0.25) is 4.79 Å². The van der Waals surface area contributed by atoms with Crippen molar-refractivity contribution in [1.29, 1.82) is 0 Å². The number of para-hydroxylation sites is 1. The zero-order chi connectivity index (χ0) is 29.3. The Balaban J connectivity index is 1.20. The molecule has 41 heavy (non-hydrogen) atoms. The lowest BCUT2D eigenvalue weighted by molar-refractivity contribution is -0.124. The molecule has 2 aromatic carbocycles. The summed E-state index contributed by atoms with van der Waals surface area (Å²) in [5.74, 6) is 0.227. The molecular weight excluding hydrogens is 536 g/mol. The molecule has 0 spiro atoms. The number of carbonyl (C=O) groups is 1. The van der Waals surface area contributed by atoms with Crippen molar-refractivity contribution in [3.63, 3.8) is 0 Å². The zero-order valence-electron chi connectivity index (χ0n) is 24.7. The van der Waals surface area contributed by atoms with E-state index >= 15 is 0 Å². The van der Waals surface area contributed by atoms with E-state index in [0.717, 1.165) is 24.8 Å². The molecule has 5 rings (SSSR count). The minimum atomic E-state index is -3.53. The molecule has 0 radical (unpaired) electrons. The molecule has 224 valence electrons. The van der Waals surface area contributed by atoms with Crippen LogP contribution in [0.15, 0.2) is 54.6 Å². The second kappa shape index (κ2) is 12.0. The fraction of sp³-hybridized carbons (Fsp3) is 0.594. The Kier molecular flexibility index (Phi) is 8.81. The molecule has 8 nitrogen and oxygen atoms in total. The Morgan fingerprint density at radius 3 is 2.44 bits per heavy atom. The third-order valence-corrected chi connectivity index (χ3v) is 12.3. The molecule has 3 unspecified atom stereocenters. The van der Waals surface area contributed by atoms with E-state index in [4.69, 9.17) is 10.5 Å². The van der Waals surface area contributed by atoms with Crippen LogP contribution in [0.1, 0.15) is 50.7 Å². The van der Waals surface area contributed by atoms with Gasteiger partial charge in [-0.2, -0.15) is 4.31 Å². The van der Waals surface area contributed by atoms with Crippen LogP contribution in [-0.4, -0.2) is 69.3 Å². The molecule has 0 aromatic heterocycles. The molecule has 1 amide bonds. The van der Waals surface area contributed by atoms with Crippen LogP contribution in [0.2, 0.25) is 0 Å². The molecule has 4 atom stereocenters. The van der Waals surface area contributed by atoms with Gasteiger partial charge >= 0.3 is 0 Å².